The summed E-state index contributed by atoms with van der Waals surface area (Å²) in [6.45, 7) is 2.16. The molecule has 1 atom stereocenters. The van der Waals surface area contributed by atoms with Crippen LogP contribution in [0.3, 0.4) is 0 Å². The summed E-state index contributed by atoms with van der Waals surface area (Å²) in [6, 6.07) is 0. The highest BCUT2D eigenvalue weighted by Gasteiger charge is 2.31. The number of ether oxygens (including phenoxy) is 1. The van der Waals surface area contributed by atoms with Gasteiger partial charge in [0.2, 0.25) is 5.28 Å². The Morgan fingerprint density at radius 3 is 3.15 bits per heavy atom. The maximum absolute atomic E-state index is 12.1. The Balaban J connectivity index is 2.04. The molecule has 2 aromatic rings. The third-order valence-corrected chi connectivity index (χ3v) is 4.83. The molecular formula is C13H13ClN2O3S. The average Bonchev–Trinajstić information content (AvgIpc) is 2.89. The zero-order valence-electron chi connectivity index (χ0n) is 10.9. The van der Waals surface area contributed by atoms with E-state index in [1.165, 1.54) is 11.3 Å². The lowest BCUT2D eigenvalue weighted by atomic mass is 9.98. The van der Waals surface area contributed by atoms with Crippen LogP contribution in [0.4, 0.5) is 0 Å². The lowest BCUT2D eigenvalue weighted by Crippen LogP contribution is -2.12. The number of carbonyl (C=O) groups excluding carboxylic acids is 1. The molecule has 0 aliphatic heterocycles. The number of carbonyl (C=O) groups is 1. The predicted molar refractivity (Wildman–Crippen MR) is 77.6 cm³/mol. The molecule has 7 heteroatoms. The fourth-order valence-electron chi connectivity index (χ4n) is 2.74. The quantitative estimate of drug-likeness (QED) is 0.698. The van der Waals surface area contributed by atoms with Crippen molar-refractivity contribution in [1.82, 2.24) is 9.97 Å². The molecule has 1 aliphatic rings. The van der Waals surface area contributed by atoms with Gasteiger partial charge < -0.3 is 4.74 Å². The smallest absolute Gasteiger partial charge is 0.306 e. The van der Waals surface area contributed by atoms with Gasteiger partial charge in [0.25, 0.3) is 5.56 Å². The highest BCUT2D eigenvalue weighted by Crippen LogP contribution is 2.43. The summed E-state index contributed by atoms with van der Waals surface area (Å²) in [5.74, 6) is -0.176. The fourth-order valence-corrected chi connectivity index (χ4v) is 4.24. The molecule has 0 saturated heterocycles. The maximum Gasteiger partial charge on any atom is 0.306 e. The fraction of sp³-hybridized carbons (Fsp3) is 0.462. The summed E-state index contributed by atoms with van der Waals surface area (Å²) in [4.78, 5) is 32.2. The molecule has 0 spiro atoms. The molecule has 0 fully saturated rings. The molecule has 0 bridgehead atoms. The number of esters is 1. The monoisotopic (exact) mass is 312 g/mol. The van der Waals surface area contributed by atoms with E-state index in [-0.39, 0.29) is 22.7 Å². The number of aryl methyl sites for hydroxylation is 1. The van der Waals surface area contributed by atoms with Crippen LogP contribution in [-0.2, 0) is 16.0 Å². The first kappa shape index (κ1) is 13.6. The van der Waals surface area contributed by atoms with Crippen molar-refractivity contribution < 1.29 is 9.53 Å². The van der Waals surface area contributed by atoms with Gasteiger partial charge in [-0.2, -0.15) is 0 Å². The van der Waals surface area contributed by atoms with Gasteiger partial charge in [-0.15, -0.1) is 11.3 Å². The first-order chi connectivity index (χ1) is 9.60. The minimum Gasteiger partial charge on any atom is -0.466 e. The van der Waals surface area contributed by atoms with Gasteiger partial charge in [-0.1, -0.05) is 0 Å². The van der Waals surface area contributed by atoms with E-state index in [1.807, 2.05) is 0 Å². The Bertz CT molecular complexity index is 737. The first-order valence-corrected chi connectivity index (χ1v) is 7.66. The Kier molecular flexibility index (Phi) is 3.52. The standard InChI is InChI=1S/C13H13ClN2O3S/c1-2-19-8(17)5-6-3-4-7-9(6)10-11(18)15-13(14)16-12(10)20-7/h6H,2-5H2,1H3,(H,15,16,18). The van der Waals surface area contributed by atoms with Crippen LogP contribution in [0, 0.1) is 0 Å². The number of nitrogens with zero attached hydrogens (tertiary/aromatic N) is 1. The molecule has 1 aliphatic carbocycles. The Labute approximate surface area is 123 Å². The predicted octanol–water partition coefficient (Wildman–Crippen LogP) is 2.62. The van der Waals surface area contributed by atoms with E-state index in [4.69, 9.17) is 16.3 Å². The van der Waals surface area contributed by atoms with E-state index in [9.17, 15) is 9.59 Å². The number of aromatic nitrogens is 2. The number of H-pyrrole nitrogens is 1. The number of hydrogen-bond donors (Lipinski definition) is 1. The number of aromatic amines is 1. The third-order valence-electron chi connectivity index (χ3n) is 3.49. The van der Waals surface area contributed by atoms with Crippen LogP contribution in [0.15, 0.2) is 4.79 Å². The van der Waals surface area contributed by atoms with Gasteiger partial charge >= 0.3 is 5.97 Å². The second kappa shape index (κ2) is 5.18. The molecule has 3 rings (SSSR count). The van der Waals surface area contributed by atoms with Crippen molar-refractivity contribution in [1.29, 1.82) is 0 Å². The van der Waals surface area contributed by atoms with E-state index >= 15 is 0 Å². The molecular weight excluding hydrogens is 300 g/mol. The molecule has 2 heterocycles. The van der Waals surface area contributed by atoms with Gasteiger partial charge in [0.15, 0.2) is 0 Å². The second-order valence-electron chi connectivity index (χ2n) is 4.72. The van der Waals surface area contributed by atoms with Crippen molar-refractivity contribution >= 4 is 39.1 Å². The van der Waals surface area contributed by atoms with Crippen LogP contribution in [0.25, 0.3) is 10.2 Å². The van der Waals surface area contributed by atoms with Crippen molar-refractivity contribution in [2.75, 3.05) is 6.61 Å². The molecule has 2 aromatic heterocycles. The number of hydrogen-bond acceptors (Lipinski definition) is 5. The van der Waals surface area contributed by atoms with Gasteiger partial charge in [-0.05, 0) is 42.8 Å². The summed E-state index contributed by atoms with van der Waals surface area (Å²) in [5, 5.41) is 0.686. The molecule has 5 nitrogen and oxygen atoms in total. The van der Waals surface area contributed by atoms with Crippen molar-refractivity contribution in [2.45, 2.75) is 32.1 Å². The number of thiophene rings is 1. The van der Waals surface area contributed by atoms with E-state index in [2.05, 4.69) is 9.97 Å². The van der Waals surface area contributed by atoms with E-state index in [1.54, 1.807) is 6.92 Å². The molecule has 0 radical (unpaired) electrons. The zero-order valence-corrected chi connectivity index (χ0v) is 12.4. The Morgan fingerprint density at radius 2 is 2.40 bits per heavy atom. The lowest BCUT2D eigenvalue weighted by Gasteiger charge is -2.09. The summed E-state index contributed by atoms with van der Waals surface area (Å²) in [5.41, 5.74) is 0.733. The Hall–Kier alpha value is -1.40. The summed E-state index contributed by atoms with van der Waals surface area (Å²) >= 11 is 7.27. The van der Waals surface area contributed by atoms with Crippen LogP contribution in [-0.4, -0.2) is 22.5 Å². The average molecular weight is 313 g/mol. The van der Waals surface area contributed by atoms with Crippen molar-refractivity contribution in [3.05, 3.63) is 26.1 Å². The highest BCUT2D eigenvalue weighted by molar-refractivity contribution is 7.18. The molecule has 0 amide bonds. The molecule has 1 unspecified atom stereocenters. The largest absolute Gasteiger partial charge is 0.466 e. The number of fused-ring (bicyclic) bond motifs is 3. The molecule has 20 heavy (non-hydrogen) atoms. The topological polar surface area (TPSA) is 72.0 Å². The third kappa shape index (κ3) is 2.23. The normalized spacial score (nSPS) is 17.4. The van der Waals surface area contributed by atoms with Crippen LogP contribution in [0.1, 0.15) is 36.1 Å². The van der Waals surface area contributed by atoms with Crippen molar-refractivity contribution in [3.8, 4) is 0 Å². The van der Waals surface area contributed by atoms with Crippen LogP contribution in [0.2, 0.25) is 5.28 Å². The van der Waals surface area contributed by atoms with Gasteiger partial charge in [0.1, 0.15) is 4.83 Å². The number of rotatable bonds is 3. The summed E-state index contributed by atoms with van der Waals surface area (Å²) in [7, 11) is 0. The van der Waals surface area contributed by atoms with Gasteiger partial charge in [-0.25, -0.2) is 4.98 Å². The van der Waals surface area contributed by atoms with E-state index < -0.39 is 0 Å². The maximum atomic E-state index is 12.1. The number of halogens is 1. The van der Waals surface area contributed by atoms with Crippen LogP contribution < -0.4 is 5.56 Å². The number of nitrogens with one attached hydrogen (secondary N) is 1. The van der Waals surface area contributed by atoms with Crippen LogP contribution >= 0.6 is 22.9 Å². The van der Waals surface area contributed by atoms with Crippen molar-refractivity contribution in [3.63, 3.8) is 0 Å². The first-order valence-electron chi connectivity index (χ1n) is 6.46. The molecule has 106 valence electrons. The highest BCUT2D eigenvalue weighted by atomic mass is 35.5. The van der Waals surface area contributed by atoms with E-state index in [0.717, 1.165) is 23.3 Å². The van der Waals surface area contributed by atoms with Gasteiger partial charge in [0.05, 0.1) is 18.4 Å². The minimum absolute atomic E-state index is 0.0434. The van der Waals surface area contributed by atoms with Gasteiger partial charge in [0, 0.05) is 4.88 Å². The minimum atomic E-state index is -0.228. The lowest BCUT2D eigenvalue weighted by molar-refractivity contribution is -0.143. The molecule has 0 saturated carbocycles. The molecule has 1 N–H and O–H groups in total. The van der Waals surface area contributed by atoms with Crippen LogP contribution in [0.5, 0.6) is 0 Å². The molecule has 0 aromatic carbocycles. The SMILES string of the molecule is CCOC(=O)CC1CCc2sc3nc(Cl)[nH]c(=O)c3c21. The Morgan fingerprint density at radius 1 is 1.60 bits per heavy atom. The second-order valence-corrected chi connectivity index (χ2v) is 6.16. The van der Waals surface area contributed by atoms with E-state index in [0.29, 0.717) is 23.2 Å². The van der Waals surface area contributed by atoms with Crippen molar-refractivity contribution in [2.24, 2.45) is 0 Å². The van der Waals surface area contributed by atoms with Gasteiger partial charge in [-0.3, -0.25) is 14.6 Å². The summed E-state index contributed by atoms with van der Waals surface area (Å²) in [6.07, 6.45) is 2.06. The summed E-state index contributed by atoms with van der Waals surface area (Å²) < 4.78 is 5.00. The zero-order chi connectivity index (χ0) is 14.3.